The van der Waals surface area contributed by atoms with E-state index >= 15 is 0 Å². The van der Waals surface area contributed by atoms with Crippen molar-refractivity contribution in [3.8, 4) is 0 Å². The van der Waals surface area contributed by atoms with Gasteiger partial charge in [-0.15, -0.1) is 0 Å². The molecule has 1 aromatic heterocycles. The highest BCUT2D eigenvalue weighted by molar-refractivity contribution is 5.34. The van der Waals surface area contributed by atoms with Crippen LogP contribution in [0.2, 0.25) is 0 Å². The van der Waals surface area contributed by atoms with Gasteiger partial charge in [0.15, 0.2) is 5.82 Å². The maximum absolute atomic E-state index is 5.55. The number of hydrogen-bond donors (Lipinski definition) is 1. The highest BCUT2D eigenvalue weighted by atomic mass is 16.5. The summed E-state index contributed by atoms with van der Waals surface area (Å²) >= 11 is 0. The molecule has 0 spiro atoms. The van der Waals surface area contributed by atoms with E-state index in [-0.39, 0.29) is 6.04 Å². The van der Waals surface area contributed by atoms with Gasteiger partial charge in [-0.3, -0.25) is 0 Å². The van der Waals surface area contributed by atoms with Crippen molar-refractivity contribution < 1.29 is 4.52 Å². The Hall–Kier alpha value is -1.68. The van der Waals surface area contributed by atoms with E-state index in [1.165, 1.54) is 30.4 Å². The largest absolute Gasteiger partial charge is 0.338 e. The van der Waals surface area contributed by atoms with Crippen LogP contribution in [0.1, 0.15) is 60.5 Å². The molecule has 0 saturated carbocycles. The SMILES string of the molecule is c1ccc2c(c1)CC(c1noc(C3CCCCCN3)n1)C2. The first-order valence-electron chi connectivity index (χ1n) is 8.04. The van der Waals surface area contributed by atoms with Crippen LogP contribution in [0.25, 0.3) is 0 Å². The molecule has 1 saturated heterocycles. The molecule has 1 aromatic carbocycles. The second kappa shape index (κ2) is 5.60. The van der Waals surface area contributed by atoms with Gasteiger partial charge in [0.05, 0.1) is 6.04 Å². The van der Waals surface area contributed by atoms with E-state index < -0.39 is 0 Å². The normalized spacial score (nSPS) is 23.0. The van der Waals surface area contributed by atoms with E-state index in [1.54, 1.807) is 0 Å². The molecule has 0 amide bonds. The summed E-state index contributed by atoms with van der Waals surface area (Å²) in [6.45, 7) is 1.05. The molecule has 1 N–H and O–H groups in total. The van der Waals surface area contributed by atoms with Crippen molar-refractivity contribution in [2.45, 2.75) is 50.5 Å². The standard InChI is InChI=1S/C17H21N3O/c1-2-8-15(18-9-5-1)17-19-16(20-21-17)14-10-12-6-3-4-7-13(12)11-14/h3-4,6-7,14-15,18H,1-2,5,8-11H2. The van der Waals surface area contributed by atoms with Gasteiger partial charge in [0.25, 0.3) is 0 Å². The predicted octanol–water partition coefficient (Wildman–Crippen LogP) is 3.16. The predicted molar refractivity (Wildman–Crippen MR) is 80.1 cm³/mol. The minimum Gasteiger partial charge on any atom is -0.338 e. The van der Waals surface area contributed by atoms with Crippen LogP contribution in [0.15, 0.2) is 28.8 Å². The van der Waals surface area contributed by atoms with Crippen molar-refractivity contribution in [3.05, 3.63) is 47.1 Å². The maximum Gasteiger partial charge on any atom is 0.243 e. The molecule has 1 unspecified atom stereocenters. The number of nitrogens with one attached hydrogen (secondary N) is 1. The Kier molecular flexibility index (Phi) is 3.47. The third-order valence-electron chi connectivity index (χ3n) is 4.73. The van der Waals surface area contributed by atoms with E-state index in [9.17, 15) is 0 Å². The number of rotatable bonds is 2. The molecule has 1 aliphatic carbocycles. The lowest BCUT2D eigenvalue weighted by molar-refractivity contribution is 0.323. The second-order valence-corrected chi connectivity index (χ2v) is 6.22. The van der Waals surface area contributed by atoms with Crippen LogP contribution in [0.3, 0.4) is 0 Å². The first-order valence-corrected chi connectivity index (χ1v) is 8.04. The van der Waals surface area contributed by atoms with E-state index in [1.807, 2.05) is 0 Å². The molecule has 0 radical (unpaired) electrons. The zero-order valence-corrected chi connectivity index (χ0v) is 12.2. The average molecular weight is 283 g/mol. The van der Waals surface area contributed by atoms with Crippen molar-refractivity contribution >= 4 is 0 Å². The second-order valence-electron chi connectivity index (χ2n) is 6.22. The van der Waals surface area contributed by atoms with Gasteiger partial charge in [-0.1, -0.05) is 42.3 Å². The summed E-state index contributed by atoms with van der Waals surface area (Å²) in [5.41, 5.74) is 2.86. The lowest BCUT2D eigenvalue weighted by atomic mass is 10.1. The van der Waals surface area contributed by atoms with Gasteiger partial charge >= 0.3 is 0 Å². The van der Waals surface area contributed by atoms with Crippen molar-refractivity contribution in [1.82, 2.24) is 15.5 Å². The summed E-state index contributed by atoms with van der Waals surface area (Å²) in [6.07, 6.45) is 6.95. The summed E-state index contributed by atoms with van der Waals surface area (Å²) in [5, 5.41) is 7.78. The third kappa shape index (κ3) is 2.60. The molecule has 2 heterocycles. The molecule has 21 heavy (non-hydrogen) atoms. The quantitative estimate of drug-likeness (QED) is 0.920. The smallest absolute Gasteiger partial charge is 0.243 e. The zero-order chi connectivity index (χ0) is 14.1. The Labute approximate surface area is 124 Å². The average Bonchev–Trinajstić information content (AvgIpc) is 3.07. The van der Waals surface area contributed by atoms with Crippen LogP contribution < -0.4 is 5.32 Å². The van der Waals surface area contributed by atoms with E-state index in [0.717, 1.165) is 37.5 Å². The molecule has 110 valence electrons. The molecule has 2 aliphatic rings. The van der Waals surface area contributed by atoms with Crippen LogP contribution >= 0.6 is 0 Å². The van der Waals surface area contributed by atoms with Crippen LogP contribution in [0.5, 0.6) is 0 Å². The summed E-state index contributed by atoms with van der Waals surface area (Å²) in [4.78, 5) is 4.70. The highest BCUT2D eigenvalue weighted by Gasteiger charge is 2.28. The Morgan fingerprint density at radius 3 is 2.67 bits per heavy atom. The van der Waals surface area contributed by atoms with Gasteiger partial charge in [-0.2, -0.15) is 4.98 Å². The van der Waals surface area contributed by atoms with Crippen LogP contribution in [-0.2, 0) is 12.8 Å². The fourth-order valence-corrected chi connectivity index (χ4v) is 3.54. The molecular weight excluding hydrogens is 262 g/mol. The van der Waals surface area contributed by atoms with Gasteiger partial charge in [-0.05, 0) is 43.4 Å². The first-order chi connectivity index (χ1) is 10.4. The van der Waals surface area contributed by atoms with E-state index in [2.05, 4.69) is 34.7 Å². The Morgan fingerprint density at radius 2 is 1.86 bits per heavy atom. The van der Waals surface area contributed by atoms with Gasteiger partial charge in [-0.25, -0.2) is 0 Å². The van der Waals surface area contributed by atoms with Gasteiger partial charge < -0.3 is 9.84 Å². The van der Waals surface area contributed by atoms with Gasteiger partial charge in [0.2, 0.25) is 5.89 Å². The van der Waals surface area contributed by atoms with Crippen LogP contribution in [0, 0.1) is 0 Å². The van der Waals surface area contributed by atoms with E-state index in [4.69, 9.17) is 9.51 Å². The molecule has 4 heteroatoms. The third-order valence-corrected chi connectivity index (χ3v) is 4.73. The molecule has 2 aromatic rings. The Balaban J connectivity index is 1.50. The van der Waals surface area contributed by atoms with Crippen molar-refractivity contribution in [1.29, 1.82) is 0 Å². The maximum atomic E-state index is 5.55. The molecule has 4 nitrogen and oxygen atoms in total. The molecule has 1 atom stereocenters. The number of aromatic nitrogens is 2. The van der Waals surface area contributed by atoms with Gasteiger partial charge in [0, 0.05) is 5.92 Å². The highest BCUT2D eigenvalue weighted by Crippen LogP contribution is 2.33. The molecule has 1 fully saturated rings. The summed E-state index contributed by atoms with van der Waals surface area (Å²) < 4.78 is 5.55. The Morgan fingerprint density at radius 1 is 1.05 bits per heavy atom. The molecule has 1 aliphatic heterocycles. The Bertz CT molecular complexity index is 589. The topological polar surface area (TPSA) is 51.0 Å². The summed E-state index contributed by atoms with van der Waals surface area (Å²) in [5.74, 6) is 2.04. The van der Waals surface area contributed by atoms with Crippen molar-refractivity contribution in [2.75, 3.05) is 6.54 Å². The van der Waals surface area contributed by atoms with Crippen molar-refractivity contribution in [2.24, 2.45) is 0 Å². The summed E-state index contributed by atoms with van der Waals surface area (Å²) in [7, 11) is 0. The van der Waals surface area contributed by atoms with Crippen molar-refractivity contribution in [3.63, 3.8) is 0 Å². The van der Waals surface area contributed by atoms with Crippen LogP contribution in [0.4, 0.5) is 0 Å². The lowest BCUT2D eigenvalue weighted by Crippen LogP contribution is -2.20. The molecular formula is C17H21N3O. The minimum atomic E-state index is 0.248. The fraction of sp³-hybridized carbons (Fsp3) is 0.529. The number of fused-ring (bicyclic) bond motifs is 1. The molecule has 0 bridgehead atoms. The zero-order valence-electron chi connectivity index (χ0n) is 12.2. The minimum absolute atomic E-state index is 0.248. The summed E-state index contributed by atoms with van der Waals surface area (Å²) in [6, 6.07) is 8.89. The van der Waals surface area contributed by atoms with E-state index in [0.29, 0.717) is 5.92 Å². The monoisotopic (exact) mass is 283 g/mol. The molecule has 4 rings (SSSR count). The lowest BCUT2D eigenvalue weighted by Gasteiger charge is -2.09. The number of hydrogen-bond acceptors (Lipinski definition) is 4. The fourth-order valence-electron chi connectivity index (χ4n) is 3.54. The van der Waals surface area contributed by atoms with Crippen LogP contribution in [-0.4, -0.2) is 16.7 Å². The number of nitrogens with zero attached hydrogens (tertiary/aromatic N) is 2. The number of benzene rings is 1. The first kappa shape index (κ1) is 13.0. The van der Waals surface area contributed by atoms with Gasteiger partial charge in [0.1, 0.15) is 0 Å².